The monoisotopic (exact) mass is 277 g/mol. The normalized spacial score (nSPS) is 12.2. The molecule has 94 valence electrons. The van der Waals surface area contributed by atoms with Gasteiger partial charge in [-0.3, -0.25) is 9.63 Å². The first-order chi connectivity index (χ1) is 8.02. The Labute approximate surface area is 109 Å². The van der Waals surface area contributed by atoms with Gasteiger partial charge in [-0.25, -0.2) is 5.48 Å². The highest BCUT2D eigenvalue weighted by atomic mass is 35.5. The molecule has 1 aromatic rings. The van der Waals surface area contributed by atoms with Gasteiger partial charge in [0.25, 0.3) is 0 Å². The van der Waals surface area contributed by atoms with Crippen LogP contribution < -0.4 is 5.48 Å². The van der Waals surface area contributed by atoms with Crippen LogP contribution in [0.3, 0.4) is 0 Å². The molecule has 1 atom stereocenters. The lowest BCUT2D eigenvalue weighted by Gasteiger charge is -2.11. The summed E-state index contributed by atoms with van der Waals surface area (Å²) in [5.41, 5.74) is 2.69. The third-order valence-electron chi connectivity index (χ3n) is 1.98. The van der Waals surface area contributed by atoms with Gasteiger partial charge in [-0.1, -0.05) is 23.2 Å². The Morgan fingerprint density at radius 1 is 1.41 bits per heavy atom. The molecule has 1 amide bonds. The van der Waals surface area contributed by atoms with Crippen molar-refractivity contribution in [2.45, 2.75) is 19.4 Å². The Morgan fingerprint density at radius 3 is 2.53 bits per heavy atom. The van der Waals surface area contributed by atoms with Crippen molar-refractivity contribution in [3.05, 3.63) is 33.8 Å². The lowest BCUT2D eigenvalue weighted by molar-refractivity contribution is -0.135. The van der Waals surface area contributed by atoms with Crippen LogP contribution in [0.1, 0.15) is 25.0 Å². The van der Waals surface area contributed by atoms with E-state index < -0.39 is 12.0 Å². The van der Waals surface area contributed by atoms with Crippen molar-refractivity contribution < 1.29 is 14.7 Å². The first-order valence-corrected chi connectivity index (χ1v) is 5.83. The number of halogens is 2. The Morgan fingerprint density at radius 2 is 2.00 bits per heavy atom. The highest BCUT2D eigenvalue weighted by molar-refractivity contribution is 6.34. The SMILES string of the molecule is CCONC(=O)CC(O)c1cc(Cl)cc(Cl)c1. The quantitative estimate of drug-likeness (QED) is 0.813. The maximum atomic E-state index is 11.3. The van der Waals surface area contributed by atoms with E-state index in [4.69, 9.17) is 28.0 Å². The predicted octanol–water partition coefficient (Wildman–Crippen LogP) is 2.48. The van der Waals surface area contributed by atoms with Crippen molar-refractivity contribution in [3.63, 3.8) is 0 Å². The van der Waals surface area contributed by atoms with Gasteiger partial charge >= 0.3 is 0 Å². The Balaban J connectivity index is 2.63. The van der Waals surface area contributed by atoms with Crippen LogP contribution in [0.15, 0.2) is 18.2 Å². The van der Waals surface area contributed by atoms with E-state index in [-0.39, 0.29) is 6.42 Å². The van der Waals surface area contributed by atoms with Gasteiger partial charge in [-0.2, -0.15) is 0 Å². The molecule has 4 nitrogen and oxygen atoms in total. The molecule has 1 rings (SSSR count). The van der Waals surface area contributed by atoms with Crippen molar-refractivity contribution in [1.29, 1.82) is 0 Å². The summed E-state index contributed by atoms with van der Waals surface area (Å²) >= 11 is 11.6. The lowest BCUT2D eigenvalue weighted by Crippen LogP contribution is -2.25. The standard InChI is InChI=1S/C11H13Cl2NO3/c1-2-17-14-11(16)6-10(15)7-3-8(12)5-9(13)4-7/h3-5,10,15H,2,6H2,1H3,(H,14,16). The average molecular weight is 278 g/mol. The zero-order valence-corrected chi connectivity index (χ0v) is 10.8. The zero-order valence-electron chi connectivity index (χ0n) is 9.24. The number of aliphatic hydroxyl groups is 1. The van der Waals surface area contributed by atoms with Crippen molar-refractivity contribution in [2.75, 3.05) is 6.61 Å². The summed E-state index contributed by atoms with van der Waals surface area (Å²) in [5.74, 6) is -0.407. The van der Waals surface area contributed by atoms with E-state index in [1.165, 1.54) is 0 Å². The van der Waals surface area contributed by atoms with Crippen LogP contribution >= 0.6 is 23.2 Å². The van der Waals surface area contributed by atoms with Gasteiger partial charge in [0.2, 0.25) is 5.91 Å². The van der Waals surface area contributed by atoms with Gasteiger partial charge in [0.15, 0.2) is 0 Å². The van der Waals surface area contributed by atoms with Crippen molar-refractivity contribution >= 4 is 29.1 Å². The largest absolute Gasteiger partial charge is 0.388 e. The number of hydrogen-bond donors (Lipinski definition) is 2. The third kappa shape index (κ3) is 4.91. The molecule has 0 saturated carbocycles. The molecule has 0 saturated heterocycles. The van der Waals surface area contributed by atoms with E-state index in [9.17, 15) is 9.90 Å². The molecule has 17 heavy (non-hydrogen) atoms. The molecule has 0 spiro atoms. The van der Waals surface area contributed by atoms with Crippen molar-refractivity contribution in [1.82, 2.24) is 5.48 Å². The van der Waals surface area contributed by atoms with E-state index >= 15 is 0 Å². The maximum Gasteiger partial charge on any atom is 0.246 e. The molecule has 2 N–H and O–H groups in total. The van der Waals surface area contributed by atoms with Crippen LogP contribution in [-0.4, -0.2) is 17.6 Å². The summed E-state index contributed by atoms with van der Waals surface area (Å²) in [7, 11) is 0. The molecule has 0 aliphatic rings. The summed E-state index contributed by atoms with van der Waals surface area (Å²) in [6.07, 6.45) is -1.08. The van der Waals surface area contributed by atoms with Crippen LogP contribution in [0, 0.1) is 0 Å². The fraction of sp³-hybridized carbons (Fsp3) is 0.364. The number of hydrogen-bond acceptors (Lipinski definition) is 3. The Hall–Kier alpha value is -0.810. The highest BCUT2D eigenvalue weighted by Gasteiger charge is 2.14. The number of benzene rings is 1. The van der Waals surface area contributed by atoms with Gasteiger partial charge < -0.3 is 5.11 Å². The van der Waals surface area contributed by atoms with Crippen LogP contribution in [0.2, 0.25) is 10.0 Å². The first kappa shape index (κ1) is 14.3. The highest BCUT2D eigenvalue weighted by Crippen LogP contribution is 2.25. The van der Waals surface area contributed by atoms with Crippen LogP contribution in [-0.2, 0) is 9.63 Å². The zero-order chi connectivity index (χ0) is 12.8. The average Bonchev–Trinajstić information content (AvgIpc) is 2.25. The molecule has 6 heteroatoms. The molecule has 0 aliphatic carbocycles. The van der Waals surface area contributed by atoms with Crippen molar-refractivity contribution in [2.24, 2.45) is 0 Å². The lowest BCUT2D eigenvalue weighted by atomic mass is 10.1. The van der Waals surface area contributed by atoms with Gasteiger partial charge in [0, 0.05) is 10.0 Å². The molecule has 1 aromatic carbocycles. The minimum atomic E-state index is -0.966. The van der Waals surface area contributed by atoms with Gasteiger partial charge in [0.05, 0.1) is 19.1 Å². The van der Waals surface area contributed by atoms with Crippen LogP contribution in [0.5, 0.6) is 0 Å². The van der Waals surface area contributed by atoms with Gasteiger partial charge in [-0.15, -0.1) is 0 Å². The summed E-state index contributed by atoms with van der Waals surface area (Å²) in [5, 5.41) is 10.6. The molecule has 0 aliphatic heterocycles. The Bertz CT molecular complexity index is 378. The second-order valence-corrected chi connectivity index (χ2v) is 4.25. The number of hydroxylamine groups is 1. The number of carbonyl (C=O) groups excluding carboxylic acids is 1. The van der Waals surface area contributed by atoms with E-state index in [1.807, 2.05) is 0 Å². The molecular weight excluding hydrogens is 265 g/mol. The van der Waals surface area contributed by atoms with E-state index in [1.54, 1.807) is 25.1 Å². The second-order valence-electron chi connectivity index (χ2n) is 3.38. The fourth-order valence-electron chi connectivity index (χ4n) is 1.26. The fourth-order valence-corrected chi connectivity index (χ4v) is 1.80. The van der Waals surface area contributed by atoms with E-state index in [0.29, 0.717) is 22.2 Å². The number of amides is 1. The first-order valence-electron chi connectivity index (χ1n) is 5.07. The second kappa shape index (κ2) is 6.81. The summed E-state index contributed by atoms with van der Waals surface area (Å²) in [4.78, 5) is 16.0. The van der Waals surface area contributed by atoms with Crippen LogP contribution in [0.4, 0.5) is 0 Å². The molecule has 0 radical (unpaired) electrons. The predicted molar refractivity (Wildman–Crippen MR) is 65.8 cm³/mol. The minimum absolute atomic E-state index is 0.114. The molecule has 1 unspecified atom stereocenters. The minimum Gasteiger partial charge on any atom is -0.388 e. The molecule has 0 aromatic heterocycles. The number of carbonyl (C=O) groups is 1. The molecule has 0 bridgehead atoms. The maximum absolute atomic E-state index is 11.3. The summed E-state index contributed by atoms with van der Waals surface area (Å²) < 4.78 is 0. The van der Waals surface area contributed by atoms with Crippen molar-refractivity contribution in [3.8, 4) is 0 Å². The van der Waals surface area contributed by atoms with E-state index in [0.717, 1.165) is 0 Å². The summed E-state index contributed by atoms with van der Waals surface area (Å²) in [6.45, 7) is 2.11. The van der Waals surface area contributed by atoms with Crippen LogP contribution in [0.25, 0.3) is 0 Å². The van der Waals surface area contributed by atoms with Gasteiger partial charge in [0.1, 0.15) is 0 Å². The number of rotatable bonds is 5. The topological polar surface area (TPSA) is 58.6 Å². The van der Waals surface area contributed by atoms with Gasteiger partial charge in [-0.05, 0) is 30.7 Å². The third-order valence-corrected chi connectivity index (χ3v) is 2.42. The van der Waals surface area contributed by atoms with E-state index in [2.05, 4.69) is 5.48 Å². The molecule has 0 heterocycles. The number of aliphatic hydroxyl groups excluding tert-OH is 1. The smallest absolute Gasteiger partial charge is 0.246 e. The summed E-state index contributed by atoms with van der Waals surface area (Å²) in [6, 6.07) is 4.68. The Kier molecular flexibility index (Phi) is 5.71. The number of nitrogens with one attached hydrogen (secondary N) is 1. The molecular formula is C11H13Cl2NO3. The molecule has 0 fully saturated rings.